The van der Waals surface area contributed by atoms with E-state index in [0.29, 0.717) is 6.04 Å². The molecule has 1 aromatic rings. The minimum atomic E-state index is 0.432. The second-order valence-electron chi connectivity index (χ2n) is 5.20. The van der Waals surface area contributed by atoms with Crippen molar-refractivity contribution in [3.8, 4) is 5.75 Å². The van der Waals surface area contributed by atoms with Gasteiger partial charge in [0.2, 0.25) is 0 Å². The molecule has 3 heteroatoms. The summed E-state index contributed by atoms with van der Waals surface area (Å²) in [5.74, 6) is 0.902. The van der Waals surface area contributed by atoms with Crippen molar-refractivity contribution in [3.05, 3.63) is 28.2 Å². The first-order valence-corrected chi connectivity index (χ1v) is 8.59. The van der Waals surface area contributed by atoms with Crippen molar-refractivity contribution >= 4 is 15.9 Å². The highest BCUT2D eigenvalue weighted by atomic mass is 79.9. The van der Waals surface area contributed by atoms with Crippen molar-refractivity contribution in [2.75, 3.05) is 13.7 Å². The van der Waals surface area contributed by atoms with Crippen molar-refractivity contribution < 1.29 is 4.74 Å². The van der Waals surface area contributed by atoms with Crippen LogP contribution >= 0.6 is 15.9 Å². The van der Waals surface area contributed by atoms with E-state index in [2.05, 4.69) is 47.2 Å². The Kier molecular flexibility index (Phi) is 8.95. The summed E-state index contributed by atoms with van der Waals surface area (Å²) in [6, 6.07) is 6.70. The summed E-state index contributed by atoms with van der Waals surface area (Å²) >= 11 is 3.67. The first kappa shape index (κ1) is 17.5. The van der Waals surface area contributed by atoms with E-state index in [4.69, 9.17) is 4.74 Å². The predicted molar refractivity (Wildman–Crippen MR) is 90.5 cm³/mol. The summed E-state index contributed by atoms with van der Waals surface area (Å²) in [6.45, 7) is 5.43. The quantitative estimate of drug-likeness (QED) is 0.569. The number of nitrogens with one attached hydrogen (secondary N) is 1. The van der Waals surface area contributed by atoms with Crippen molar-refractivity contribution in [1.29, 1.82) is 0 Å². The molecule has 0 aliphatic rings. The fraction of sp³-hybridized carbons (Fsp3) is 0.647. The van der Waals surface area contributed by atoms with Gasteiger partial charge in [-0.2, -0.15) is 0 Å². The van der Waals surface area contributed by atoms with E-state index in [-0.39, 0.29) is 0 Å². The molecule has 0 spiro atoms. The van der Waals surface area contributed by atoms with Crippen LogP contribution in [-0.4, -0.2) is 13.7 Å². The van der Waals surface area contributed by atoms with Crippen LogP contribution in [0.2, 0.25) is 0 Å². The van der Waals surface area contributed by atoms with E-state index < -0.39 is 0 Å². The van der Waals surface area contributed by atoms with Crippen LogP contribution in [0.25, 0.3) is 0 Å². The van der Waals surface area contributed by atoms with Crippen LogP contribution in [0.1, 0.15) is 64.0 Å². The molecule has 114 valence electrons. The van der Waals surface area contributed by atoms with Crippen LogP contribution in [0.5, 0.6) is 5.75 Å². The average Bonchev–Trinajstić information content (AvgIpc) is 2.46. The summed E-state index contributed by atoms with van der Waals surface area (Å²) in [6.07, 6.45) is 7.85. The maximum absolute atomic E-state index is 5.26. The molecule has 1 atom stereocenters. The number of methoxy groups -OCH3 is 1. The van der Waals surface area contributed by atoms with Crippen LogP contribution in [0.3, 0.4) is 0 Å². The minimum absolute atomic E-state index is 0.432. The Hall–Kier alpha value is -0.540. The molecule has 1 rings (SSSR count). The topological polar surface area (TPSA) is 21.3 Å². The molecule has 0 aliphatic carbocycles. The van der Waals surface area contributed by atoms with Gasteiger partial charge in [-0.15, -0.1) is 0 Å². The normalized spacial score (nSPS) is 12.4. The number of hydrogen-bond acceptors (Lipinski definition) is 2. The Labute approximate surface area is 132 Å². The highest BCUT2D eigenvalue weighted by molar-refractivity contribution is 9.10. The van der Waals surface area contributed by atoms with Gasteiger partial charge in [-0.3, -0.25) is 0 Å². The summed E-state index contributed by atoms with van der Waals surface area (Å²) in [4.78, 5) is 0. The van der Waals surface area contributed by atoms with E-state index in [9.17, 15) is 0 Å². The SMILES string of the molecule is CCCCCCCC(NCC)c1ccc(OC)cc1Br. The highest BCUT2D eigenvalue weighted by Gasteiger charge is 2.13. The van der Waals surface area contributed by atoms with Gasteiger partial charge in [0.25, 0.3) is 0 Å². The Balaban J connectivity index is 2.60. The van der Waals surface area contributed by atoms with E-state index in [1.165, 1.54) is 44.1 Å². The van der Waals surface area contributed by atoms with Gasteiger partial charge >= 0.3 is 0 Å². The highest BCUT2D eigenvalue weighted by Crippen LogP contribution is 2.30. The molecule has 20 heavy (non-hydrogen) atoms. The molecule has 0 heterocycles. The van der Waals surface area contributed by atoms with Gasteiger partial charge in [-0.25, -0.2) is 0 Å². The maximum atomic E-state index is 5.26. The first-order chi connectivity index (χ1) is 9.72. The number of benzene rings is 1. The van der Waals surface area contributed by atoms with Gasteiger partial charge < -0.3 is 10.1 Å². The number of halogens is 1. The van der Waals surface area contributed by atoms with Crippen molar-refractivity contribution in [1.82, 2.24) is 5.32 Å². The standard InChI is InChI=1S/C17H28BrNO/c1-4-6-7-8-9-10-17(19-5-2)15-12-11-14(20-3)13-16(15)18/h11-13,17,19H,4-10H2,1-3H3. The Bertz CT molecular complexity index is 381. The van der Waals surface area contributed by atoms with Gasteiger partial charge in [-0.05, 0) is 30.7 Å². The molecule has 0 amide bonds. The smallest absolute Gasteiger partial charge is 0.120 e. The summed E-state index contributed by atoms with van der Waals surface area (Å²) in [5, 5.41) is 3.60. The molecule has 0 aromatic heterocycles. The molecule has 1 unspecified atom stereocenters. The zero-order chi connectivity index (χ0) is 14.8. The van der Waals surface area contributed by atoms with Gasteiger partial charge in [0.15, 0.2) is 0 Å². The maximum Gasteiger partial charge on any atom is 0.120 e. The minimum Gasteiger partial charge on any atom is -0.497 e. The molecule has 0 radical (unpaired) electrons. The van der Waals surface area contributed by atoms with E-state index in [1.54, 1.807) is 7.11 Å². The average molecular weight is 342 g/mol. The van der Waals surface area contributed by atoms with Gasteiger partial charge in [-0.1, -0.05) is 67.9 Å². The van der Waals surface area contributed by atoms with Crippen molar-refractivity contribution in [2.45, 2.75) is 58.4 Å². The number of unbranched alkanes of at least 4 members (excludes halogenated alkanes) is 4. The van der Waals surface area contributed by atoms with Crippen molar-refractivity contribution in [3.63, 3.8) is 0 Å². The molecule has 0 saturated carbocycles. The van der Waals surface area contributed by atoms with Crippen LogP contribution in [0.4, 0.5) is 0 Å². The third-order valence-electron chi connectivity index (χ3n) is 3.63. The molecule has 2 nitrogen and oxygen atoms in total. The first-order valence-electron chi connectivity index (χ1n) is 7.79. The lowest BCUT2D eigenvalue weighted by Gasteiger charge is -2.20. The second kappa shape index (κ2) is 10.2. The lowest BCUT2D eigenvalue weighted by molar-refractivity contribution is 0.413. The summed E-state index contributed by atoms with van der Waals surface area (Å²) in [5.41, 5.74) is 1.34. The third kappa shape index (κ3) is 5.84. The second-order valence-corrected chi connectivity index (χ2v) is 6.05. The molecule has 0 saturated heterocycles. The summed E-state index contributed by atoms with van der Waals surface area (Å²) in [7, 11) is 1.71. The Morgan fingerprint density at radius 2 is 1.90 bits per heavy atom. The van der Waals surface area contributed by atoms with E-state index in [0.717, 1.165) is 16.8 Å². The Morgan fingerprint density at radius 1 is 1.15 bits per heavy atom. The fourth-order valence-electron chi connectivity index (χ4n) is 2.48. The molecule has 0 fully saturated rings. The fourth-order valence-corrected chi connectivity index (χ4v) is 3.12. The molecule has 1 aromatic carbocycles. The molecule has 1 N–H and O–H groups in total. The van der Waals surface area contributed by atoms with E-state index >= 15 is 0 Å². The van der Waals surface area contributed by atoms with Gasteiger partial charge in [0.05, 0.1) is 7.11 Å². The van der Waals surface area contributed by atoms with Crippen LogP contribution in [-0.2, 0) is 0 Å². The largest absolute Gasteiger partial charge is 0.497 e. The van der Waals surface area contributed by atoms with Crippen LogP contribution < -0.4 is 10.1 Å². The number of rotatable bonds is 10. The third-order valence-corrected chi connectivity index (χ3v) is 4.32. The monoisotopic (exact) mass is 341 g/mol. The van der Waals surface area contributed by atoms with Crippen LogP contribution in [0.15, 0.2) is 22.7 Å². The van der Waals surface area contributed by atoms with Crippen LogP contribution in [0, 0.1) is 0 Å². The molecular formula is C17H28BrNO. The lowest BCUT2D eigenvalue weighted by Crippen LogP contribution is -2.21. The predicted octanol–water partition coefficient (Wildman–Crippen LogP) is 5.47. The zero-order valence-electron chi connectivity index (χ0n) is 13.0. The summed E-state index contributed by atoms with van der Waals surface area (Å²) < 4.78 is 6.40. The number of ether oxygens (including phenoxy) is 1. The zero-order valence-corrected chi connectivity index (χ0v) is 14.6. The van der Waals surface area contributed by atoms with Gasteiger partial charge in [0, 0.05) is 10.5 Å². The Morgan fingerprint density at radius 3 is 2.50 bits per heavy atom. The molecule has 0 aliphatic heterocycles. The van der Waals surface area contributed by atoms with Gasteiger partial charge in [0.1, 0.15) is 5.75 Å². The van der Waals surface area contributed by atoms with E-state index in [1.807, 2.05) is 6.07 Å². The lowest BCUT2D eigenvalue weighted by atomic mass is 9.99. The van der Waals surface area contributed by atoms with Crippen molar-refractivity contribution in [2.24, 2.45) is 0 Å². The molecule has 0 bridgehead atoms. The molecular weight excluding hydrogens is 314 g/mol. The number of hydrogen-bond donors (Lipinski definition) is 1.